The number of hydrogen-bond donors (Lipinski definition) is 1. The van der Waals surface area contributed by atoms with Crippen LogP contribution in [0.2, 0.25) is 0 Å². The first kappa shape index (κ1) is 15.9. The van der Waals surface area contributed by atoms with E-state index in [4.69, 9.17) is 5.73 Å². The van der Waals surface area contributed by atoms with Crippen LogP contribution in [0.1, 0.15) is 6.92 Å². The lowest BCUT2D eigenvalue weighted by molar-refractivity contribution is -0.140. The van der Waals surface area contributed by atoms with Crippen molar-refractivity contribution in [3.05, 3.63) is 22.7 Å². The van der Waals surface area contributed by atoms with Crippen LogP contribution < -0.4 is 5.73 Å². The molecule has 0 radical (unpaired) electrons. The van der Waals surface area contributed by atoms with Crippen LogP contribution in [0.3, 0.4) is 0 Å². The number of nitrogens with two attached hydrogens (primary N) is 1. The van der Waals surface area contributed by atoms with Gasteiger partial charge in [-0.2, -0.15) is 4.31 Å². The second kappa shape index (κ2) is 6.36. The van der Waals surface area contributed by atoms with Crippen molar-refractivity contribution in [1.82, 2.24) is 4.31 Å². The van der Waals surface area contributed by atoms with E-state index in [-0.39, 0.29) is 18.0 Å². The summed E-state index contributed by atoms with van der Waals surface area (Å²) in [6.45, 7) is 1.47. The van der Waals surface area contributed by atoms with Gasteiger partial charge in [-0.1, -0.05) is 6.92 Å². The maximum atomic E-state index is 12.3. The highest BCUT2D eigenvalue weighted by Crippen LogP contribution is 2.24. The highest BCUT2D eigenvalue weighted by Gasteiger charge is 2.25. The van der Waals surface area contributed by atoms with Gasteiger partial charge in [-0.15, -0.1) is 0 Å². The first-order valence-corrected chi connectivity index (χ1v) is 7.68. The van der Waals surface area contributed by atoms with E-state index in [0.717, 1.165) is 4.31 Å². The van der Waals surface area contributed by atoms with Gasteiger partial charge in [0, 0.05) is 16.7 Å². The Morgan fingerprint density at radius 1 is 1.47 bits per heavy atom. The number of anilines is 1. The van der Waals surface area contributed by atoms with Crippen molar-refractivity contribution in [3.8, 4) is 0 Å². The fraction of sp³-hybridized carbons (Fsp3) is 0.364. The molecular weight excluding hydrogens is 336 g/mol. The summed E-state index contributed by atoms with van der Waals surface area (Å²) in [7, 11) is -2.56. The Balaban J connectivity index is 3.13. The van der Waals surface area contributed by atoms with Crippen molar-refractivity contribution in [2.75, 3.05) is 25.9 Å². The smallest absolute Gasteiger partial charge is 0.321 e. The highest BCUT2D eigenvalue weighted by atomic mass is 79.9. The summed E-state index contributed by atoms with van der Waals surface area (Å²) in [5, 5.41) is 0. The molecule has 0 saturated carbocycles. The van der Waals surface area contributed by atoms with E-state index in [2.05, 4.69) is 20.7 Å². The van der Waals surface area contributed by atoms with E-state index in [9.17, 15) is 13.2 Å². The second-order valence-electron chi connectivity index (χ2n) is 3.69. The monoisotopic (exact) mass is 350 g/mol. The number of halogens is 1. The van der Waals surface area contributed by atoms with E-state index < -0.39 is 16.0 Å². The number of carbonyl (C=O) groups excluding carboxylic acids is 1. The van der Waals surface area contributed by atoms with Crippen molar-refractivity contribution >= 4 is 37.6 Å². The normalized spacial score (nSPS) is 11.6. The first-order chi connectivity index (χ1) is 8.82. The number of sulfonamides is 1. The standard InChI is InChI=1S/C11H15BrN2O4S/c1-3-14(7-11(15)18-2)19(16,17)8-4-5-9(12)10(13)6-8/h4-6H,3,7,13H2,1-2H3. The molecule has 0 heterocycles. The number of carbonyl (C=O) groups is 1. The molecule has 0 unspecified atom stereocenters. The molecule has 0 atom stereocenters. The van der Waals surface area contributed by atoms with Gasteiger partial charge in [0.15, 0.2) is 0 Å². The third kappa shape index (κ3) is 3.68. The fourth-order valence-electron chi connectivity index (χ4n) is 1.41. The van der Waals surface area contributed by atoms with Crippen LogP contribution in [-0.2, 0) is 19.6 Å². The molecule has 0 aliphatic heterocycles. The Hall–Kier alpha value is -1.12. The number of benzene rings is 1. The van der Waals surface area contributed by atoms with E-state index in [1.807, 2.05) is 0 Å². The lowest BCUT2D eigenvalue weighted by Gasteiger charge is -2.19. The topological polar surface area (TPSA) is 89.7 Å². The molecule has 0 spiro atoms. The first-order valence-electron chi connectivity index (χ1n) is 5.45. The SMILES string of the molecule is CCN(CC(=O)OC)S(=O)(=O)c1ccc(Br)c(N)c1. The van der Waals surface area contributed by atoms with Gasteiger partial charge in [-0.05, 0) is 34.1 Å². The number of rotatable bonds is 5. The molecule has 8 heteroatoms. The number of esters is 1. The van der Waals surface area contributed by atoms with Crippen molar-refractivity contribution in [2.45, 2.75) is 11.8 Å². The number of likely N-dealkylation sites (N-methyl/N-ethyl adjacent to an activating group) is 1. The molecule has 0 amide bonds. The van der Waals surface area contributed by atoms with Crippen LogP contribution in [0.25, 0.3) is 0 Å². The van der Waals surface area contributed by atoms with Crippen LogP contribution in [0.4, 0.5) is 5.69 Å². The summed E-state index contributed by atoms with van der Waals surface area (Å²) in [5.41, 5.74) is 5.98. The van der Waals surface area contributed by atoms with Gasteiger partial charge in [-0.25, -0.2) is 8.42 Å². The number of nitrogens with zero attached hydrogens (tertiary/aromatic N) is 1. The van der Waals surface area contributed by atoms with Crippen molar-refractivity contribution in [1.29, 1.82) is 0 Å². The molecule has 0 aromatic heterocycles. The van der Waals surface area contributed by atoms with Crippen LogP contribution in [0, 0.1) is 0 Å². The van der Waals surface area contributed by atoms with Gasteiger partial charge in [0.25, 0.3) is 0 Å². The minimum absolute atomic E-state index is 0.0407. The number of hydrogen-bond acceptors (Lipinski definition) is 5. The maximum absolute atomic E-state index is 12.3. The van der Waals surface area contributed by atoms with Crippen molar-refractivity contribution < 1.29 is 17.9 Å². The number of methoxy groups -OCH3 is 1. The van der Waals surface area contributed by atoms with Crippen LogP contribution >= 0.6 is 15.9 Å². The average Bonchev–Trinajstić information content (AvgIpc) is 2.38. The molecule has 0 aliphatic carbocycles. The molecule has 2 N–H and O–H groups in total. The molecule has 6 nitrogen and oxygen atoms in total. The highest BCUT2D eigenvalue weighted by molar-refractivity contribution is 9.10. The molecule has 0 bridgehead atoms. The Morgan fingerprint density at radius 3 is 2.58 bits per heavy atom. The van der Waals surface area contributed by atoms with E-state index in [1.54, 1.807) is 13.0 Å². The van der Waals surface area contributed by atoms with Gasteiger partial charge in [0.05, 0.1) is 12.0 Å². The van der Waals surface area contributed by atoms with Crippen molar-refractivity contribution in [2.24, 2.45) is 0 Å². The zero-order valence-electron chi connectivity index (χ0n) is 10.6. The quantitative estimate of drug-likeness (QED) is 0.636. The third-order valence-electron chi connectivity index (χ3n) is 2.49. The lowest BCUT2D eigenvalue weighted by Crippen LogP contribution is -2.36. The minimum Gasteiger partial charge on any atom is -0.468 e. The van der Waals surface area contributed by atoms with E-state index >= 15 is 0 Å². The minimum atomic E-state index is -3.76. The van der Waals surface area contributed by atoms with Crippen LogP contribution in [0.15, 0.2) is 27.6 Å². The lowest BCUT2D eigenvalue weighted by atomic mass is 10.3. The summed E-state index contributed by atoms with van der Waals surface area (Å²) < 4.78 is 30.8. The Kier molecular flexibility index (Phi) is 5.33. The third-order valence-corrected chi connectivity index (χ3v) is 5.13. The molecule has 1 rings (SSSR count). The molecule has 0 fully saturated rings. The zero-order chi connectivity index (χ0) is 14.6. The van der Waals surface area contributed by atoms with E-state index in [0.29, 0.717) is 10.2 Å². The van der Waals surface area contributed by atoms with Crippen LogP contribution in [-0.4, -0.2) is 38.9 Å². The van der Waals surface area contributed by atoms with Gasteiger partial charge >= 0.3 is 5.97 Å². The van der Waals surface area contributed by atoms with E-state index in [1.165, 1.54) is 19.2 Å². The molecule has 106 valence electrons. The number of nitrogen functional groups attached to an aromatic ring is 1. The maximum Gasteiger partial charge on any atom is 0.321 e. The summed E-state index contributed by atoms with van der Waals surface area (Å²) >= 11 is 3.19. The number of ether oxygens (including phenoxy) is 1. The molecule has 0 saturated heterocycles. The Labute approximate surface area is 120 Å². The molecule has 0 aliphatic rings. The summed E-state index contributed by atoms with van der Waals surface area (Å²) in [5.74, 6) is -0.615. The largest absolute Gasteiger partial charge is 0.468 e. The fourth-order valence-corrected chi connectivity index (χ4v) is 3.08. The van der Waals surface area contributed by atoms with Crippen molar-refractivity contribution in [3.63, 3.8) is 0 Å². The van der Waals surface area contributed by atoms with Gasteiger partial charge in [-0.3, -0.25) is 4.79 Å². The van der Waals surface area contributed by atoms with Crippen LogP contribution in [0.5, 0.6) is 0 Å². The molecule has 19 heavy (non-hydrogen) atoms. The van der Waals surface area contributed by atoms with Gasteiger partial charge < -0.3 is 10.5 Å². The Morgan fingerprint density at radius 2 is 2.11 bits per heavy atom. The predicted molar refractivity (Wildman–Crippen MR) is 75.0 cm³/mol. The van der Waals surface area contributed by atoms with Gasteiger partial charge in [0.1, 0.15) is 6.54 Å². The summed E-state index contributed by atoms with van der Waals surface area (Å²) in [6.07, 6.45) is 0. The molecular formula is C11H15BrN2O4S. The average molecular weight is 351 g/mol. The zero-order valence-corrected chi connectivity index (χ0v) is 13.0. The second-order valence-corrected chi connectivity index (χ2v) is 6.48. The molecule has 1 aromatic rings. The molecule has 1 aromatic carbocycles. The van der Waals surface area contributed by atoms with Gasteiger partial charge in [0.2, 0.25) is 10.0 Å². The Bertz CT molecular complexity index is 574. The summed E-state index contributed by atoms with van der Waals surface area (Å²) in [4.78, 5) is 11.3. The summed E-state index contributed by atoms with van der Waals surface area (Å²) in [6, 6.07) is 4.32. The predicted octanol–water partition coefficient (Wildman–Crippen LogP) is 1.21.